The number of hydrogen-bond donors (Lipinski definition) is 0. The number of benzene rings is 11. The Morgan fingerprint density at radius 2 is 1.12 bits per heavy atom. The highest BCUT2D eigenvalue weighted by Gasteiger charge is 2.34. The molecule has 11 aromatic carbocycles. The van der Waals surface area contributed by atoms with E-state index in [2.05, 4.69) is 247 Å². The van der Waals surface area contributed by atoms with Crippen molar-refractivity contribution in [1.29, 1.82) is 0 Å². The van der Waals surface area contributed by atoms with E-state index < -0.39 is 0 Å². The average Bonchev–Trinajstić information content (AvgIpc) is 4.20. The lowest BCUT2D eigenvalue weighted by Crippen LogP contribution is -2.28. The maximum absolute atomic E-state index is 7.23. The highest BCUT2D eigenvalue weighted by molar-refractivity contribution is 6.23. The summed E-state index contributed by atoms with van der Waals surface area (Å²) in [4.78, 5) is 11.7. The predicted octanol–water partition coefficient (Wildman–Crippen LogP) is 18.5. The summed E-state index contributed by atoms with van der Waals surface area (Å²) in [5, 5.41) is 16.5. The van der Waals surface area contributed by atoms with Gasteiger partial charge >= 0.3 is 0 Å². The van der Waals surface area contributed by atoms with Crippen LogP contribution in [-0.4, -0.2) is 20.7 Å². The third-order valence-electron chi connectivity index (χ3n) is 16.5. The zero-order valence-electron chi connectivity index (χ0n) is 41.3. The third kappa shape index (κ3) is 6.44. The fourth-order valence-electron chi connectivity index (χ4n) is 13.0. The summed E-state index contributed by atoms with van der Waals surface area (Å²) in [7, 11) is 0. The molecule has 4 heterocycles. The van der Waals surface area contributed by atoms with E-state index >= 15 is 0 Å². The SMILES string of the molecule is CCC1C(c2ccc3ccccc3c2)=NC(c2cc(-n3c4cc5ccccc5cc4c4cc5ccccc5cc43)c3c(c2)oc2c4ccccc4ccc23)=NC1c1ccc2c(c1)c1ccccc1n2C1C=CC=CC1. The maximum atomic E-state index is 7.23. The Balaban J connectivity index is 0.991. The number of nitrogens with zero attached hydrogens (tertiary/aromatic N) is 4. The highest BCUT2D eigenvalue weighted by atomic mass is 16.3. The number of allylic oxidation sites excluding steroid dienone is 4. The largest absolute Gasteiger partial charge is 0.455 e. The van der Waals surface area contributed by atoms with Gasteiger partial charge in [0.25, 0.3) is 0 Å². The van der Waals surface area contributed by atoms with Crippen LogP contribution in [0.1, 0.15) is 48.5 Å². The number of aromatic nitrogens is 2. The molecule has 2 aliphatic rings. The molecule has 1 aliphatic heterocycles. The van der Waals surface area contributed by atoms with Crippen LogP contribution in [-0.2, 0) is 0 Å². The zero-order chi connectivity index (χ0) is 49.3. The van der Waals surface area contributed by atoms with Gasteiger partial charge in [-0.3, -0.25) is 4.99 Å². The van der Waals surface area contributed by atoms with Crippen LogP contribution in [0, 0.1) is 5.92 Å². The first kappa shape index (κ1) is 42.2. The first-order chi connectivity index (χ1) is 37.1. The van der Waals surface area contributed by atoms with Crippen LogP contribution < -0.4 is 0 Å². The molecular weight excluding hydrogens is 913 g/mol. The summed E-state index contributed by atoms with van der Waals surface area (Å²) in [6.07, 6.45) is 10.8. The topological polar surface area (TPSA) is 47.7 Å². The summed E-state index contributed by atoms with van der Waals surface area (Å²) in [5.41, 5.74) is 11.7. The lowest BCUT2D eigenvalue weighted by atomic mass is 9.82. The van der Waals surface area contributed by atoms with E-state index in [1.54, 1.807) is 0 Å². The molecule has 0 radical (unpaired) electrons. The van der Waals surface area contributed by atoms with E-state index in [-0.39, 0.29) is 18.0 Å². The average molecular weight is 961 g/mol. The minimum absolute atomic E-state index is 0.00629. The molecule has 3 atom stereocenters. The second-order valence-electron chi connectivity index (χ2n) is 20.7. The van der Waals surface area contributed by atoms with Crippen LogP contribution in [0.25, 0.3) is 114 Å². The van der Waals surface area contributed by atoms with Gasteiger partial charge in [-0.05, 0) is 128 Å². The van der Waals surface area contributed by atoms with Gasteiger partial charge in [-0.25, -0.2) is 4.99 Å². The minimum Gasteiger partial charge on any atom is -0.455 e. The fraction of sp³-hybridized carbons (Fsp3) is 0.0857. The molecule has 0 N–H and O–H groups in total. The molecule has 3 aromatic heterocycles. The van der Waals surface area contributed by atoms with Crippen LogP contribution >= 0.6 is 0 Å². The molecule has 1 aliphatic carbocycles. The van der Waals surface area contributed by atoms with Crippen LogP contribution in [0.2, 0.25) is 0 Å². The van der Waals surface area contributed by atoms with Crippen LogP contribution in [0.15, 0.2) is 245 Å². The number of rotatable bonds is 6. The van der Waals surface area contributed by atoms with Crippen LogP contribution in [0.3, 0.4) is 0 Å². The second kappa shape index (κ2) is 16.3. The van der Waals surface area contributed by atoms with Gasteiger partial charge in [0.05, 0.1) is 39.9 Å². The molecule has 354 valence electrons. The van der Waals surface area contributed by atoms with Gasteiger partial charge in [0.15, 0.2) is 5.84 Å². The van der Waals surface area contributed by atoms with E-state index in [0.29, 0.717) is 5.84 Å². The van der Waals surface area contributed by atoms with Crippen molar-refractivity contribution in [3.05, 3.63) is 247 Å². The lowest BCUT2D eigenvalue weighted by Gasteiger charge is -2.30. The Kier molecular flexibility index (Phi) is 9.20. The molecule has 14 aromatic rings. The van der Waals surface area contributed by atoms with E-state index in [9.17, 15) is 0 Å². The number of para-hydroxylation sites is 1. The monoisotopic (exact) mass is 960 g/mol. The molecule has 0 saturated carbocycles. The van der Waals surface area contributed by atoms with E-state index in [1.807, 2.05) is 0 Å². The lowest BCUT2D eigenvalue weighted by molar-refractivity contribution is 0.533. The fourth-order valence-corrected chi connectivity index (χ4v) is 13.0. The van der Waals surface area contributed by atoms with Crippen molar-refractivity contribution in [3.8, 4) is 5.69 Å². The van der Waals surface area contributed by atoms with Crippen molar-refractivity contribution in [2.24, 2.45) is 15.9 Å². The Hall–Kier alpha value is -9.32. The van der Waals surface area contributed by atoms with Crippen molar-refractivity contribution in [2.45, 2.75) is 31.8 Å². The van der Waals surface area contributed by atoms with E-state index in [0.717, 1.165) is 79.1 Å². The minimum atomic E-state index is -0.224. The summed E-state index contributed by atoms with van der Waals surface area (Å²) >= 11 is 0. The van der Waals surface area contributed by atoms with Crippen LogP contribution in [0.4, 0.5) is 0 Å². The molecule has 0 bridgehead atoms. The van der Waals surface area contributed by atoms with Gasteiger partial charge < -0.3 is 13.6 Å². The smallest absolute Gasteiger partial charge is 0.155 e. The summed E-state index contributed by atoms with van der Waals surface area (Å²) < 4.78 is 12.2. The Morgan fingerprint density at radius 1 is 0.493 bits per heavy atom. The van der Waals surface area contributed by atoms with Gasteiger partial charge in [-0.1, -0.05) is 171 Å². The Labute approximate surface area is 432 Å². The molecule has 3 unspecified atom stereocenters. The molecule has 0 spiro atoms. The quantitative estimate of drug-likeness (QED) is 0.164. The standard InChI is InChI=1S/C70H48N4O/c1-2-53-67(49-29-28-42-16-6-7-18-44(42)34-49)71-70(72-68(53)50-31-33-61-57(37-50)55-26-14-15-27-60(55)73(61)52-23-4-3-5-24-52)51-40-64(66-56-32-30-43-17-12-13-25-54(43)69(56)75-65(66)41-51)74-62-38-47-21-10-8-19-45(47)35-58(62)59-36-46-20-9-11-22-48(46)39-63(59)74/h3-23,25-41,52-53,68H,2,24H2,1H3. The molecule has 0 fully saturated rings. The van der Waals surface area contributed by atoms with E-state index in [4.69, 9.17) is 14.4 Å². The van der Waals surface area contributed by atoms with Gasteiger partial charge in [-0.15, -0.1) is 0 Å². The Morgan fingerprint density at radius 3 is 1.84 bits per heavy atom. The Bertz CT molecular complexity index is 4790. The molecule has 0 amide bonds. The van der Waals surface area contributed by atoms with Crippen molar-refractivity contribution in [2.75, 3.05) is 0 Å². The molecule has 5 heteroatoms. The van der Waals surface area contributed by atoms with Crippen molar-refractivity contribution < 1.29 is 4.42 Å². The summed E-state index contributed by atoms with van der Waals surface area (Å²) in [6.45, 7) is 2.29. The molecule has 16 rings (SSSR count). The third-order valence-corrected chi connectivity index (χ3v) is 16.5. The van der Waals surface area contributed by atoms with Crippen molar-refractivity contribution in [1.82, 2.24) is 9.13 Å². The van der Waals surface area contributed by atoms with Gasteiger partial charge in [0.1, 0.15) is 11.2 Å². The molecule has 75 heavy (non-hydrogen) atoms. The first-order valence-corrected chi connectivity index (χ1v) is 26.4. The highest BCUT2D eigenvalue weighted by Crippen LogP contribution is 2.45. The van der Waals surface area contributed by atoms with Crippen LogP contribution in [0.5, 0.6) is 0 Å². The summed E-state index contributed by atoms with van der Waals surface area (Å²) in [5.74, 6) is 0.700. The second-order valence-corrected chi connectivity index (χ2v) is 20.7. The molecule has 5 nitrogen and oxygen atoms in total. The normalized spacial score (nSPS) is 17.1. The molecule has 0 saturated heterocycles. The summed E-state index contributed by atoms with van der Waals surface area (Å²) in [6, 6.07) is 76.0. The number of hydrogen-bond acceptors (Lipinski definition) is 3. The number of aliphatic imine (C=N–C) groups is 2. The van der Waals surface area contributed by atoms with Crippen molar-refractivity contribution >= 4 is 120 Å². The van der Waals surface area contributed by atoms with Gasteiger partial charge in [0, 0.05) is 54.8 Å². The number of fused-ring (bicyclic) bond motifs is 14. The molecular formula is C70H48N4O. The number of furan rings is 1. The van der Waals surface area contributed by atoms with Gasteiger partial charge in [-0.2, -0.15) is 0 Å². The van der Waals surface area contributed by atoms with E-state index in [1.165, 1.54) is 70.5 Å². The first-order valence-electron chi connectivity index (χ1n) is 26.4. The van der Waals surface area contributed by atoms with Crippen molar-refractivity contribution in [3.63, 3.8) is 0 Å². The maximum Gasteiger partial charge on any atom is 0.155 e. The predicted molar refractivity (Wildman–Crippen MR) is 315 cm³/mol. The zero-order valence-corrected chi connectivity index (χ0v) is 41.3. The number of amidine groups is 1. The van der Waals surface area contributed by atoms with Gasteiger partial charge in [0.2, 0.25) is 0 Å².